The number of nitrogens with zero attached hydrogens (tertiary/aromatic N) is 4. The first-order chi connectivity index (χ1) is 12.6. The molecule has 0 spiro atoms. The van der Waals surface area contributed by atoms with Gasteiger partial charge in [-0.3, -0.25) is 18.9 Å². The van der Waals surface area contributed by atoms with Crippen molar-refractivity contribution in [2.75, 3.05) is 26.2 Å². The molecule has 1 saturated heterocycles. The number of hydrogen-bond donors (Lipinski definition) is 0. The number of halogens is 1. The third-order valence-electron chi connectivity index (χ3n) is 4.53. The van der Waals surface area contributed by atoms with Crippen LogP contribution in [0.1, 0.15) is 15.9 Å². The highest BCUT2D eigenvalue weighted by atomic mass is 32.1. The van der Waals surface area contributed by atoms with E-state index < -0.39 is 0 Å². The Labute approximate surface area is 153 Å². The number of benzene rings is 1. The number of piperazine rings is 1. The average Bonchev–Trinajstić information content (AvgIpc) is 3.12. The smallest absolute Gasteiger partial charge is 0.271 e. The van der Waals surface area contributed by atoms with Gasteiger partial charge in [-0.15, -0.1) is 11.3 Å². The van der Waals surface area contributed by atoms with Crippen LogP contribution in [-0.4, -0.2) is 51.3 Å². The monoisotopic (exact) mass is 372 g/mol. The highest BCUT2D eigenvalue weighted by molar-refractivity contribution is 7.15. The molecule has 8 heteroatoms. The van der Waals surface area contributed by atoms with E-state index in [1.54, 1.807) is 22.5 Å². The Bertz CT molecular complexity index is 1010. The minimum Gasteiger partial charge on any atom is -0.336 e. The van der Waals surface area contributed by atoms with Gasteiger partial charge in [0.05, 0.1) is 0 Å². The highest BCUT2D eigenvalue weighted by Gasteiger charge is 2.25. The van der Waals surface area contributed by atoms with Crippen LogP contribution in [0.4, 0.5) is 4.39 Å². The van der Waals surface area contributed by atoms with Gasteiger partial charge >= 0.3 is 0 Å². The van der Waals surface area contributed by atoms with E-state index in [1.807, 2.05) is 6.07 Å². The summed E-state index contributed by atoms with van der Waals surface area (Å²) in [5, 5.41) is 1.77. The Kier molecular flexibility index (Phi) is 4.52. The Morgan fingerprint density at radius 1 is 1.23 bits per heavy atom. The van der Waals surface area contributed by atoms with Gasteiger partial charge in [0.2, 0.25) is 0 Å². The van der Waals surface area contributed by atoms with Crippen molar-refractivity contribution >= 4 is 22.2 Å². The fourth-order valence-electron chi connectivity index (χ4n) is 3.14. The van der Waals surface area contributed by atoms with Gasteiger partial charge in [-0.25, -0.2) is 9.37 Å². The second kappa shape index (κ2) is 6.97. The summed E-state index contributed by atoms with van der Waals surface area (Å²) in [6, 6.07) is 6.55. The lowest BCUT2D eigenvalue weighted by Gasteiger charge is -2.34. The Morgan fingerprint density at radius 3 is 2.81 bits per heavy atom. The Morgan fingerprint density at radius 2 is 2.04 bits per heavy atom. The predicted molar refractivity (Wildman–Crippen MR) is 96.9 cm³/mol. The lowest BCUT2D eigenvalue weighted by molar-refractivity contribution is 0.0626. The number of carbonyl (C=O) groups is 1. The van der Waals surface area contributed by atoms with Crippen LogP contribution in [0.2, 0.25) is 0 Å². The van der Waals surface area contributed by atoms with Crippen molar-refractivity contribution in [3.63, 3.8) is 0 Å². The van der Waals surface area contributed by atoms with Crippen LogP contribution in [0.15, 0.2) is 46.8 Å². The summed E-state index contributed by atoms with van der Waals surface area (Å²) in [5.74, 6) is -0.526. The van der Waals surface area contributed by atoms with Crippen LogP contribution in [0.5, 0.6) is 0 Å². The summed E-state index contributed by atoms with van der Waals surface area (Å²) in [7, 11) is 0. The molecule has 3 heterocycles. The Balaban J connectivity index is 1.43. The molecule has 1 amide bonds. The third-order valence-corrected chi connectivity index (χ3v) is 5.30. The zero-order valence-corrected chi connectivity index (χ0v) is 14.8. The quantitative estimate of drug-likeness (QED) is 0.704. The molecular formula is C18H17FN4O2S. The van der Waals surface area contributed by atoms with Crippen LogP contribution in [0, 0.1) is 5.82 Å². The van der Waals surface area contributed by atoms with Crippen LogP contribution in [0.25, 0.3) is 4.96 Å². The summed E-state index contributed by atoms with van der Waals surface area (Å²) in [4.78, 5) is 33.8. The molecule has 0 unspecified atom stereocenters. The van der Waals surface area contributed by atoms with E-state index in [0.717, 1.165) is 5.56 Å². The van der Waals surface area contributed by atoms with Gasteiger partial charge in [0.25, 0.3) is 11.5 Å². The average molecular weight is 372 g/mol. The molecule has 0 atom stereocenters. The minimum atomic E-state index is -0.330. The fraction of sp³-hybridized carbons (Fsp3) is 0.278. The maximum atomic E-state index is 13.3. The molecule has 0 N–H and O–H groups in total. The van der Waals surface area contributed by atoms with Crippen molar-refractivity contribution in [3.05, 3.63) is 69.3 Å². The molecule has 0 bridgehead atoms. The van der Waals surface area contributed by atoms with Gasteiger partial charge in [-0.2, -0.15) is 0 Å². The third kappa shape index (κ3) is 3.25. The predicted octanol–water partition coefficient (Wildman–Crippen LogP) is 1.85. The first-order valence-electron chi connectivity index (χ1n) is 8.33. The molecule has 3 aromatic rings. The lowest BCUT2D eigenvalue weighted by Crippen LogP contribution is -2.49. The van der Waals surface area contributed by atoms with E-state index >= 15 is 0 Å². The number of rotatable bonds is 3. The molecule has 1 aromatic carbocycles. The molecule has 1 fully saturated rings. The van der Waals surface area contributed by atoms with E-state index in [0.29, 0.717) is 37.7 Å². The molecule has 1 aliphatic heterocycles. The molecule has 0 aliphatic carbocycles. The van der Waals surface area contributed by atoms with Crippen molar-refractivity contribution in [1.82, 2.24) is 19.2 Å². The van der Waals surface area contributed by atoms with Crippen molar-refractivity contribution in [1.29, 1.82) is 0 Å². The number of amides is 1. The van der Waals surface area contributed by atoms with Crippen LogP contribution >= 0.6 is 11.3 Å². The molecule has 4 rings (SSSR count). The number of hydrogen-bond acceptors (Lipinski definition) is 5. The van der Waals surface area contributed by atoms with Crippen molar-refractivity contribution in [2.24, 2.45) is 0 Å². The summed E-state index contributed by atoms with van der Waals surface area (Å²) in [6.07, 6.45) is 3.00. The normalized spacial score (nSPS) is 15.5. The SMILES string of the molecule is O=C(c1cnc2sccn2c1=O)N1CCN(Cc2cccc(F)c2)CC1. The molecule has 26 heavy (non-hydrogen) atoms. The van der Waals surface area contributed by atoms with E-state index in [4.69, 9.17) is 0 Å². The van der Waals surface area contributed by atoms with Gasteiger partial charge in [-0.05, 0) is 17.7 Å². The molecule has 6 nitrogen and oxygen atoms in total. The first-order valence-corrected chi connectivity index (χ1v) is 9.21. The van der Waals surface area contributed by atoms with E-state index in [1.165, 1.54) is 34.1 Å². The summed E-state index contributed by atoms with van der Waals surface area (Å²) < 4.78 is 14.7. The molecule has 1 aliphatic rings. The zero-order chi connectivity index (χ0) is 18.1. The van der Waals surface area contributed by atoms with Crippen LogP contribution in [0.3, 0.4) is 0 Å². The molecular weight excluding hydrogens is 355 g/mol. The first kappa shape index (κ1) is 16.9. The van der Waals surface area contributed by atoms with Gasteiger partial charge in [-0.1, -0.05) is 12.1 Å². The van der Waals surface area contributed by atoms with Crippen LogP contribution in [-0.2, 0) is 6.54 Å². The highest BCUT2D eigenvalue weighted by Crippen LogP contribution is 2.12. The summed E-state index contributed by atoms with van der Waals surface area (Å²) >= 11 is 1.35. The van der Waals surface area contributed by atoms with Gasteiger partial charge in [0.15, 0.2) is 4.96 Å². The molecule has 2 aromatic heterocycles. The van der Waals surface area contributed by atoms with Crippen molar-refractivity contribution < 1.29 is 9.18 Å². The van der Waals surface area contributed by atoms with Crippen molar-refractivity contribution in [3.8, 4) is 0 Å². The Hall–Kier alpha value is -2.58. The number of fused-ring (bicyclic) bond motifs is 1. The largest absolute Gasteiger partial charge is 0.336 e. The zero-order valence-electron chi connectivity index (χ0n) is 14.0. The minimum absolute atomic E-state index is 0.0967. The number of carbonyl (C=O) groups excluding carboxylic acids is 1. The van der Waals surface area contributed by atoms with Crippen molar-refractivity contribution in [2.45, 2.75) is 6.54 Å². The lowest BCUT2D eigenvalue weighted by atomic mass is 10.2. The van der Waals surface area contributed by atoms with Gasteiger partial charge in [0, 0.05) is 50.5 Å². The molecule has 0 radical (unpaired) electrons. The van der Waals surface area contributed by atoms with Gasteiger partial charge < -0.3 is 4.90 Å². The fourth-order valence-corrected chi connectivity index (χ4v) is 3.82. The van der Waals surface area contributed by atoms with E-state index in [9.17, 15) is 14.0 Å². The standard InChI is InChI=1S/C18H17FN4O2S/c19-14-3-1-2-13(10-14)12-21-4-6-22(7-5-21)16(24)15-11-20-18-23(17(15)25)8-9-26-18/h1-3,8-11H,4-7,12H2. The second-order valence-corrected chi connectivity index (χ2v) is 7.10. The van der Waals surface area contributed by atoms with Gasteiger partial charge in [0.1, 0.15) is 11.4 Å². The second-order valence-electron chi connectivity index (χ2n) is 6.23. The molecule has 0 saturated carbocycles. The van der Waals surface area contributed by atoms with E-state index in [2.05, 4.69) is 9.88 Å². The summed E-state index contributed by atoms with van der Waals surface area (Å²) in [6.45, 7) is 3.06. The van der Waals surface area contributed by atoms with E-state index in [-0.39, 0.29) is 22.8 Å². The number of thiazole rings is 1. The number of aromatic nitrogens is 2. The topological polar surface area (TPSA) is 57.9 Å². The maximum absolute atomic E-state index is 13.3. The molecule has 134 valence electrons. The maximum Gasteiger partial charge on any atom is 0.271 e. The van der Waals surface area contributed by atoms with Crippen LogP contribution < -0.4 is 5.56 Å². The summed E-state index contributed by atoms with van der Waals surface area (Å²) in [5.41, 5.74) is 0.679.